The molecule has 0 amide bonds. The Morgan fingerprint density at radius 1 is 0.348 bits per heavy atom. The Morgan fingerprint density at radius 3 is 0.935 bits per heavy atom. The molecule has 46 heavy (non-hydrogen) atoms. The molecule has 0 aliphatic heterocycles. The van der Waals surface area contributed by atoms with Gasteiger partial charge in [-0.25, -0.2) is 0 Å². The van der Waals surface area contributed by atoms with Crippen molar-refractivity contribution in [3.63, 3.8) is 0 Å². The Kier molecular flexibility index (Phi) is 40.9. The van der Waals surface area contributed by atoms with Gasteiger partial charge >= 0.3 is 0 Å². The molecule has 0 atom stereocenters. The van der Waals surface area contributed by atoms with Crippen LogP contribution in [0.25, 0.3) is 0 Å². The van der Waals surface area contributed by atoms with Crippen LogP contribution in [0.5, 0.6) is 0 Å². The number of hydrogen-bond donors (Lipinski definition) is 2. The summed E-state index contributed by atoms with van der Waals surface area (Å²) in [5.41, 5.74) is 6.43. The lowest BCUT2D eigenvalue weighted by atomic mass is 9.89. The fourth-order valence-corrected chi connectivity index (χ4v) is 7.36. The Hall–Kier alpha value is -0.120. The molecule has 278 valence electrons. The normalized spacial score (nSPS) is 11.9. The van der Waals surface area contributed by atoms with Crippen molar-refractivity contribution in [3.8, 4) is 0 Å². The van der Waals surface area contributed by atoms with E-state index in [1.165, 1.54) is 238 Å². The van der Waals surface area contributed by atoms with E-state index in [0.29, 0.717) is 0 Å². The van der Waals surface area contributed by atoms with Gasteiger partial charge in [-0.1, -0.05) is 226 Å². The molecule has 0 saturated heterocycles. The highest BCUT2D eigenvalue weighted by molar-refractivity contribution is 4.64. The minimum Gasteiger partial charge on any atom is -0.302 e. The molecule has 3 nitrogen and oxygen atoms in total. The molecule has 0 bridgehead atoms. The highest BCUT2D eigenvalue weighted by atomic mass is 15.3. The van der Waals surface area contributed by atoms with Gasteiger partial charge in [-0.15, -0.1) is 0 Å². The fourth-order valence-electron chi connectivity index (χ4n) is 7.36. The minimum atomic E-state index is 1.01. The monoisotopic (exact) mass is 650 g/mol. The quantitative estimate of drug-likeness (QED) is 0.0510. The van der Waals surface area contributed by atoms with Crippen molar-refractivity contribution in [2.45, 2.75) is 239 Å². The van der Waals surface area contributed by atoms with E-state index in [9.17, 15) is 0 Å². The summed E-state index contributed by atoms with van der Waals surface area (Å²) >= 11 is 0. The van der Waals surface area contributed by atoms with Gasteiger partial charge in [0.05, 0.1) is 0 Å². The second-order valence-corrected chi connectivity index (χ2v) is 15.1. The van der Waals surface area contributed by atoms with Crippen molar-refractivity contribution >= 4 is 0 Å². The average Bonchev–Trinajstić information content (AvgIpc) is 3.06. The van der Waals surface area contributed by atoms with Gasteiger partial charge in [0, 0.05) is 13.1 Å². The predicted octanol–water partition coefficient (Wildman–Crippen LogP) is 14.0. The maximum absolute atomic E-state index is 3.32. The smallest absolute Gasteiger partial charge is 0.0228 e. The van der Waals surface area contributed by atoms with Crippen LogP contribution >= 0.6 is 0 Å². The van der Waals surface area contributed by atoms with Crippen molar-refractivity contribution in [1.82, 2.24) is 15.8 Å². The zero-order chi connectivity index (χ0) is 33.4. The first-order valence-corrected chi connectivity index (χ1v) is 21.9. The lowest BCUT2D eigenvalue weighted by Crippen LogP contribution is -2.38. The molecular formula is C43H91N3. The third kappa shape index (κ3) is 36.7. The van der Waals surface area contributed by atoms with Crippen LogP contribution in [-0.4, -0.2) is 38.1 Å². The molecule has 0 radical (unpaired) electrons. The molecule has 0 rings (SSSR count). The highest BCUT2D eigenvalue weighted by Gasteiger charge is 2.09. The standard InChI is InChI=1S/C43H91N3/c1-5-8-11-14-17-18-19-20-21-22-23-24-29-34-40-46(42-39-45-44-4)41-35-30-25-28-33-38-43(36-31-26-15-12-9-6-2)37-32-27-16-13-10-7-3/h43-45H,5-42H2,1-4H3. The summed E-state index contributed by atoms with van der Waals surface area (Å²) < 4.78 is 0. The third-order valence-electron chi connectivity index (χ3n) is 10.6. The van der Waals surface area contributed by atoms with Crippen LogP contribution in [0.4, 0.5) is 0 Å². The first-order chi connectivity index (χ1) is 22.8. The van der Waals surface area contributed by atoms with E-state index in [2.05, 4.69) is 36.5 Å². The van der Waals surface area contributed by atoms with Gasteiger partial charge in [-0.2, -0.15) is 0 Å². The lowest BCUT2D eigenvalue weighted by Gasteiger charge is -2.22. The van der Waals surface area contributed by atoms with Gasteiger partial charge in [0.1, 0.15) is 0 Å². The van der Waals surface area contributed by atoms with Crippen molar-refractivity contribution in [1.29, 1.82) is 0 Å². The zero-order valence-corrected chi connectivity index (χ0v) is 32.9. The number of unbranched alkanes of at least 4 members (excludes halogenated alkanes) is 27. The first kappa shape index (κ1) is 45.9. The summed E-state index contributed by atoms with van der Waals surface area (Å²) in [6.07, 6.45) is 49.4. The van der Waals surface area contributed by atoms with Crippen LogP contribution in [0.3, 0.4) is 0 Å². The summed E-state index contributed by atoms with van der Waals surface area (Å²) in [7, 11) is 1.99. The van der Waals surface area contributed by atoms with Crippen molar-refractivity contribution in [2.75, 3.05) is 33.2 Å². The Balaban J connectivity index is 4.01. The number of hydrogen-bond acceptors (Lipinski definition) is 3. The molecule has 0 aromatic carbocycles. The molecule has 0 aromatic heterocycles. The van der Waals surface area contributed by atoms with Gasteiger partial charge in [-0.3, -0.25) is 10.9 Å². The third-order valence-corrected chi connectivity index (χ3v) is 10.6. The van der Waals surface area contributed by atoms with Gasteiger partial charge in [0.25, 0.3) is 0 Å². The molecule has 0 spiro atoms. The summed E-state index contributed by atoms with van der Waals surface area (Å²) in [6, 6.07) is 0. The topological polar surface area (TPSA) is 27.3 Å². The average molecular weight is 650 g/mol. The van der Waals surface area contributed by atoms with Crippen LogP contribution in [0.1, 0.15) is 239 Å². The molecule has 3 heteroatoms. The minimum absolute atomic E-state index is 1.01. The van der Waals surface area contributed by atoms with Gasteiger partial charge in [0.2, 0.25) is 0 Å². The van der Waals surface area contributed by atoms with Gasteiger partial charge in [0.15, 0.2) is 0 Å². The summed E-state index contributed by atoms with van der Waals surface area (Å²) in [5.74, 6) is 1.01. The zero-order valence-electron chi connectivity index (χ0n) is 32.9. The molecule has 0 saturated carbocycles. The van der Waals surface area contributed by atoms with Crippen LogP contribution < -0.4 is 10.9 Å². The predicted molar refractivity (Wildman–Crippen MR) is 211 cm³/mol. The van der Waals surface area contributed by atoms with E-state index >= 15 is 0 Å². The fraction of sp³-hybridized carbons (Fsp3) is 1.00. The molecule has 0 aliphatic rings. The van der Waals surface area contributed by atoms with E-state index in [1.54, 1.807) is 0 Å². The van der Waals surface area contributed by atoms with Crippen LogP contribution in [0.2, 0.25) is 0 Å². The second-order valence-electron chi connectivity index (χ2n) is 15.1. The number of rotatable bonds is 41. The van der Waals surface area contributed by atoms with E-state index < -0.39 is 0 Å². The number of nitrogens with zero attached hydrogens (tertiary/aromatic N) is 1. The molecular weight excluding hydrogens is 558 g/mol. The highest BCUT2D eigenvalue weighted by Crippen LogP contribution is 2.25. The van der Waals surface area contributed by atoms with Crippen LogP contribution in [-0.2, 0) is 0 Å². The molecule has 0 fully saturated rings. The number of hydrazine groups is 1. The van der Waals surface area contributed by atoms with E-state index in [4.69, 9.17) is 0 Å². The van der Waals surface area contributed by atoms with Gasteiger partial charge < -0.3 is 4.90 Å². The largest absolute Gasteiger partial charge is 0.302 e. The Bertz CT molecular complexity index is 508. The molecule has 0 heterocycles. The van der Waals surface area contributed by atoms with E-state index in [-0.39, 0.29) is 0 Å². The molecule has 0 aliphatic carbocycles. The molecule has 0 unspecified atom stereocenters. The second kappa shape index (κ2) is 41.1. The summed E-state index contributed by atoms with van der Waals surface area (Å²) in [4.78, 5) is 2.74. The summed E-state index contributed by atoms with van der Waals surface area (Å²) in [5, 5.41) is 0. The maximum Gasteiger partial charge on any atom is 0.0228 e. The van der Waals surface area contributed by atoms with Crippen LogP contribution in [0, 0.1) is 5.92 Å². The van der Waals surface area contributed by atoms with Crippen molar-refractivity contribution in [2.24, 2.45) is 5.92 Å². The summed E-state index contributed by atoms with van der Waals surface area (Å²) in [6.45, 7) is 11.8. The molecule has 2 N–H and O–H groups in total. The Morgan fingerprint density at radius 2 is 0.630 bits per heavy atom. The van der Waals surface area contributed by atoms with Crippen molar-refractivity contribution < 1.29 is 0 Å². The first-order valence-electron chi connectivity index (χ1n) is 21.9. The van der Waals surface area contributed by atoms with E-state index in [1.807, 2.05) is 7.05 Å². The van der Waals surface area contributed by atoms with Gasteiger partial charge in [-0.05, 0) is 38.9 Å². The number of nitrogens with one attached hydrogen (secondary N) is 2. The Labute approximate surface area is 293 Å². The maximum atomic E-state index is 3.32. The lowest BCUT2D eigenvalue weighted by molar-refractivity contribution is 0.256. The molecule has 0 aromatic rings. The van der Waals surface area contributed by atoms with Crippen LogP contribution in [0.15, 0.2) is 0 Å². The SMILES string of the molecule is CCCCCCCCCCCCCCCCN(CCCCCCCC(CCCCCCCC)CCCCCCCC)CCNNC. The van der Waals surface area contributed by atoms with Crippen molar-refractivity contribution in [3.05, 3.63) is 0 Å². The van der Waals surface area contributed by atoms with E-state index in [0.717, 1.165) is 12.5 Å².